The van der Waals surface area contributed by atoms with E-state index in [2.05, 4.69) is 28.2 Å². The highest BCUT2D eigenvalue weighted by Crippen LogP contribution is 2.21. The lowest BCUT2D eigenvalue weighted by atomic mass is 10.1. The normalized spacial score (nSPS) is 11.1. The molecule has 0 bridgehead atoms. The highest BCUT2D eigenvalue weighted by atomic mass is 16.5. The molecule has 5 aromatic rings. The Morgan fingerprint density at radius 3 is 2.84 bits per heavy atom. The minimum absolute atomic E-state index is 0.334. The summed E-state index contributed by atoms with van der Waals surface area (Å²) in [5, 5.41) is 5.91. The van der Waals surface area contributed by atoms with Crippen molar-refractivity contribution in [2.24, 2.45) is 0 Å². The van der Waals surface area contributed by atoms with Crippen LogP contribution in [0.2, 0.25) is 0 Å². The van der Waals surface area contributed by atoms with E-state index in [1.165, 1.54) is 5.56 Å². The van der Waals surface area contributed by atoms with Gasteiger partial charge in [-0.1, -0.05) is 24.3 Å². The third kappa shape index (κ3) is 3.75. The van der Waals surface area contributed by atoms with Crippen molar-refractivity contribution in [2.45, 2.75) is 13.3 Å². The average molecular weight is 408 g/mol. The molecule has 0 saturated carbocycles. The number of imidazole rings is 1. The van der Waals surface area contributed by atoms with Gasteiger partial charge in [-0.15, -0.1) is 0 Å². The lowest BCUT2D eigenvalue weighted by molar-refractivity contribution is 0.0526. The van der Waals surface area contributed by atoms with Crippen LogP contribution < -0.4 is 0 Å². The zero-order valence-electron chi connectivity index (χ0n) is 17.0. The summed E-state index contributed by atoms with van der Waals surface area (Å²) in [7, 11) is 0. The van der Waals surface area contributed by atoms with Crippen molar-refractivity contribution in [3.05, 3.63) is 95.9 Å². The molecule has 0 aliphatic rings. The van der Waals surface area contributed by atoms with Gasteiger partial charge in [-0.3, -0.25) is 4.98 Å². The van der Waals surface area contributed by atoms with Crippen LogP contribution in [-0.2, 0) is 11.2 Å². The number of pyridine rings is 1. The SMILES string of the molecule is CCOC(=O)c1cccc(-c2ccc3ncc(Cc4ccc5ncccc5c4)n3n2)c1. The van der Waals surface area contributed by atoms with Crippen molar-refractivity contribution in [3.8, 4) is 11.3 Å². The molecule has 152 valence electrons. The van der Waals surface area contributed by atoms with Crippen LogP contribution in [0.1, 0.15) is 28.5 Å². The molecule has 3 aromatic heterocycles. The molecular formula is C25H20N4O2. The quantitative estimate of drug-likeness (QED) is 0.394. The second-order valence-corrected chi connectivity index (χ2v) is 7.25. The summed E-state index contributed by atoms with van der Waals surface area (Å²) in [6, 6.07) is 21.5. The van der Waals surface area contributed by atoms with E-state index in [1.54, 1.807) is 25.3 Å². The maximum Gasteiger partial charge on any atom is 0.338 e. The number of carbonyl (C=O) groups is 1. The van der Waals surface area contributed by atoms with Crippen LogP contribution in [0.3, 0.4) is 0 Å². The van der Waals surface area contributed by atoms with Gasteiger partial charge in [-0.05, 0) is 55.0 Å². The lowest BCUT2D eigenvalue weighted by Crippen LogP contribution is -2.05. The number of rotatable bonds is 5. The first-order valence-electron chi connectivity index (χ1n) is 10.2. The first kappa shape index (κ1) is 18.9. The second kappa shape index (κ2) is 7.99. The van der Waals surface area contributed by atoms with Crippen molar-refractivity contribution in [1.29, 1.82) is 0 Å². The van der Waals surface area contributed by atoms with Gasteiger partial charge in [0.1, 0.15) is 0 Å². The van der Waals surface area contributed by atoms with Gasteiger partial charge >= 0.3 is 5.97 Å². The summed E-state index contributed by atoms with van der Waals surface area (Å²) in [6.45, 7) is 2.14. The Bertz CT molecular complexity index is 1410. The van der Waals surface area contributed by atoms with Gasteiger partial charge in [-0.2, -0.15) is 5.10 Å². The van der Waals surface area contributed by atoms with Gasteiger partial charge in [-0.25, -0.2) is 14.3 Å². The number of hydrogen-bond donors (Lipinski definition) is 0. The molecule has 0 atom stereocenters. The molecule has 5 rings (SSSR count). The predicted molar refractivity (Wildman–Crippen MR) is 119 cm³/mol. The molecule has 6 heteroatoms. The van der Waals surface area contributed by atoms with Crippen molar-refractivity contribution in [2.75, 3.05) is 6.61 Å². The fraction of sp³-hybridized carbons (Fsp3) is 0.120. The second-order valence-electron chi connectivity index (χ2n) is 7.25. The summed E-state index contributed by atoms with van der Waals surface area (Å²) in [5.41, 5.74) is 6.04. The first-order chi connectivity index (χ1) is 15.2. The largest absolute Gasteiger partial charge is 0.462 e. The molecule has 2 aromatic carbocycles. The molecule has 0 N–H and O–H groups in total. The minimum Gasteiger partial charge on any atom is -0.462 e. The van der Waals surface area contributed by atoms with Crippen LogP contribution in [0.5, 0.6) is 0 Å². The van der Waals surface area contributed by atoms with Crippen LogP contribution in [-0.4, -0.2) is 32.2 Å². The number of esters is 1. The third-order valence-electron chi connectivity index (χ3n) is 5.16. The summed E-state index contributed by atoms with van der Waals surface area (Å²) in [6.07, 6.45) is 4.36. The molecule has 0 saturated heterocycles. The molecule has 0 amide bonds. The van der Waals surface area contributed by atoms with Crippen molar-refractivity contribution in [1.82, 2.24) is 19.6 Å². The number of aromatic nitrogens is 4. The number of carbonyl (C=O) groups excluding carboxylic acids is 1. The smallest absolute Gasteiger partial charge is 0.338 e. The van der Waals surface area contributed by atoms with E-state index >= 15 is 0 Å². The maximum atomic E-state index is 12.1. The topological polar surface area (TPSA) is 69.4 Å². The first-order valence-corrected chi connectivity index (χ1v) is 10.2. The monoisotopic (exact) mass is 408 g/mol. The average Bonchev–Trinajstić information content (AvgIpc) is 3.21. The van der Waals surface area contributed by atoms with E-state index in [1.807, 2.05) is 47.1 Å². The lowest BCUT2D eigenvalue weighted by Gasteiger charge is -2.07. The Morgan fingerprint density at radius 2 is 1.94 bits per heavy atom. The molecule has 31 heavy (non-hydrogen) atoms. The predicted octanol–water partition coefficient (Wildman–Crippen LogP) is 4.71. The van der Waals surface area contributed by atoms with Crippen molar-refractivity contribution >= 4 is 22.5 Å². The molecule has 0 fully saturated rings. The van der Waals surface area contributed by atoms with E-state index in [9.17, 15) is 4.79 Å². The van der Waals surface area contributed by atoms with Crippen LogP contribution in [0, 0.1) is 0 Å². The fourth-order valence-corrected chi connectivity index (χ4v) is 3.66. The zero-order valence-corrected chi connectivity index (χ0v) is 17.0. The molecular weight excluding hydrogens is 388 g/mol. The summed E-state index contributed by atoms with van der Waals surface area (Å²) < 4.78 is 6.97. The zero-order chi connectivity index (χ0) is 21.2. The van der Waals surface area contributed by atoms with Crippen molar-refractivity contribution < 1.29 is 9.53 Å². The number of hydrogen-bond acceptors (Lipinski definition) is 5. The Hall–Kier alpha value is -4.06. The van der Waals surface area contributed by atoms with E-state index < -0.39 is 0 Å². The van der Waals surface area contributed by atoms with Gasteiger partial charge in [0.15, 0.2) is 5.65 Å². The van der Waals surface area contributed by atoms with Crippen LogP contribution >= 0.6 is 0 Å². The van der Waals surface area contributed by atoms with Crippen LogP contribution in [0.15, 0.2) is 79.1 Å². The summed E-state index contributed by atoms with van der Waals surface area (Å²) >= 11 is 0. The molecule has 0 radical (unpaired) electrons. The Labute approximate surface area is 179 Å². The van der Waals surface area contributed by atoms with Gasteiger partial charge in [0.05, 0.1) is 35.3 Å². The molecule has 0 spiro atoms. The van der Waals surface area contributed by atoms with Gasteiger partial charge in [0.25, 0.3) is 0 Å². The Balaban J connectivity index is 1.50. The highest BCUT2D eigenvalue weighted by Gasteiger charge is 2.11. The fourth-order valence-electron chi connectivity index (χ4n) is 3.66. The van der Waals surface area contributed by atoms with Crippen LogP contribution in [0.4, 0.5) is 0 Å². The van der Waals surface area contributed by atoms with E-state index in [-0.39, 0.29) is 5.97 Å². The number of ether oxygens (including phenoxy) is 1. The van der Waals surface area contributed by atoms with Crippen molar-refractivity contribution in [3.63, 3.8) is 0 Å². The molecule has 6 nitrogen and oxygen atoms in total. The molecule has 0 unspecified atom stereocenters. The number of nitrogens with zero attached hydrogens (tertiary/aromatic N) is 4. The van der Waals surface area contributed by atoms with Gasteiger partial charge in [0, 0.05) is 23.6 Å². The highest BCUT2D eigenvalue weighted by molar-refractivity contribution is 5.90. The Morgan fingerprint density at radius 1 is 1.00 bits per heavy atom. The maximum absolute atomic E-state index is 12.1. The molecule has 3 heterocycles. The number of fused-ring (bicyclic) bond motifs is 2. The molecule has 0 aliphatic heterocycles. The van der Waals surface area contributed by atoms with Gasteiger partial charge < -0.3 is 4.74 Å². The standard InChI is InChI=1S/C25H20N4O2/c1-2-31-25(30)20-6-3-5-19(15-20)23-10-11-24-27-16-21(29(24)28-23)14-17-8-9-22-18(13-17)7-4-12-26-22/h3-13,15-16H,2,14H2,1H3. The van der Waals surface area contributed by atoms with E-state index in [4.69, 9.17) is 9.84 Å². The summed E-state index contributed by atoms with van der Waals surface area (Å²) in [4.78, 5) is 21.0. The Kier molecular flexibility index (Phi) is 4.88. The summed E-state index contributed by atoms with van der Waals surface area (Å²) in [5.74, 6) is -0.334. The van der Waals surface area contributed by atoms with E-state index in [0.29, 0.717) is 18.6 Å². The number of benzene rings is 2. The van der Waals surface area contributed by atoms with Gasteiger partial charge in [0.2, 0.25) is 0 Å². The van der Waals surface area contributed by atoms with E-state index in [0.717, 1.165) is 33.5 Å². The van der Waals surface area contributed by atoms with Crippen LogP contribution in [0.25, 0.3) is 27.8 Å². The molecule has 0 aliphatic carbocycles. The third-order valence-corrected chi connectivity index (χ3v) is 5.16. The minimum atomic E-state index is -0.334.